The molecule has 4 rings (SSSR count). The third kappa shape index (κ3) is 6.60. The summed E-state index contributed by atoms with van der Waals surface area (Å²) in [7, 11) is 3.20. The van der Waals surface area contributed by atoms with Crippen molar-refractivity contribution in [3.63, 3.8) is 0 Å². The van der Waals surface area contributed by atoms with Crippen molar-refractivity contribution in [2.75, 3.05) is 43.9 Å². The van der Waals surface area contributed by atoms with Crippen LogP contribution in [0.1, 0.15) is 97.1 Å². The third-order valence-electron chi connectivity index (χ3n) is 7.39. The highest BCUT2D eigenvalue weighted by Gasteiger charge is 2.36. The number of carbonyl (C=O) groups excluding carboxylic acids is 2. The molecule has 0 N–H and O–H groups in total. The number of esters is 2. The molecule has 0 aliphatic carbocycles. The Morgan fingerprint density at radius 1 is 0.667 bits per heavy atom. The minimum absolute atomic E-state index is 0.334. The first-order chi connectivity index (χ1) is 19.0. The Kier molecular flexibility index (Phi) is 9.96. The Balaban J connectivity index is 1.61. The van der Waals surface area contributed by atoms with E-state index in [0.29, 0.717) is 55.6 Å². The second kappa shape index (κ2) is 13.6. The molecule has 0 aromatic heterocycles. The number of unbranched alkanes of at least 4 members (excludes halogenated alkanes) is 6. The molecule has 2 aliphatic heterocycles. The largest absolute Gasteiger partial charge is 0.497 e. The molecule has 0 unspecified atom stereocenters. The molecule has 8 nitrogen and oxygen atoms in total. The van der Waals surface area contributed by atoms with Crippen LogP contribution >= 0.6 is 0 Å². The number of methoxy groups -OCH3 is 2. The molecule has 2 aromatic rings. The number of anilines is 2. The van der Waals surface area contributed by atoms with Crippen LogP contribution in [0, 0.1) is 0 Å². The van der Waals surface area contributed by atoms with E-state index in [9.17, 15) is 9.59 Å². The summed E-state index contributed by atoms with van der Waals surface area (Å²) in [6.07, 6.45) is 8.33. The van der Waals surface area contributed by atoms with Gasteiger partial charge < -0.3 is 28.7 Å². The molecule has 0 radical (unpaired) electrons. The van der Waals surface area contributed by atoms with Crippen LogP contribution in [0.15, 0.2) is 24.3 Å². The molecule has 39 heavy (non-hydrogen) atoms. The van der Waals surface area contributed by atoms with Gasteiger partial charge in [0.25, 0.3) is 0 Å². The SMILES string of the molecule is CCCCCCOC(=O)c1cc(OC)cc2c1N1Cc3cc(OC)cc(C(=O)OCCCCCC)c3N(C2)C1. The first-order valence-electron chi connectivity index (χ1n) is 14.3. The summed E-state index contributed by atoms with van der Waals surface area (Å²) >= 11 is 0. The van der Waals surface area contributed by atoms with Crippen molar-refractivity contribution in [3.05, 3.63) is 46.5 Å². The quantitative estimate of drug-likeness (QED) is 0.200. The summed E-state index contributed by atoms with van der Waals surface area (Å²) < 4.78 is 22.5. The van der Waals surface area contributed by atoms with Crippen molar-refractivity contribution in [2.45, 2.75) is 78.3 Å². The Labute approximate surface area is 232 Å². The van der Waals surface area contributed by atoms with Crippen LogP contribution in [-0.4, -0.2) is 46.0 Å². The van der Waals surface area contributed by atoms with E-state index < -0.39 is 0 Å². The van der Waals surface area contributed by atoms with Crippen molar-refractivity contribution in [1.82, 2.24) is 0 Å². The highest BCUT2D eigenvalue weighted by atomic mass is 16.5. The van der Waals surface area contributed by atoms with Crippen molar-refractivity contribution in [2.24, 2.45) is 0 Å². The van der Waals surface area contributed by atoms with Gasteiger partial charge in [-0.05, 0) is 48.2 Å². The average molecular weight is 539 g/mol. The Bertz CT molecular complexity index is 1070. The number of nitrogens with zero attached hydrogens (tertiary/aromatic N) is 2. The van der Waals surface area contributed by atoms with Gasteiger partial charge in [-0.3, -0.25) is 0 Å². The van der Waals surface area contributed by atoms with Gasteiger partial charge >= 0.3 is 11.9 Å². The maximum absolute atomic E-state index is 13.2. The molecule has 0 spiro atoms. The Hall–Kier alpha value is -3.42. The van der Waals surface area contributed by atoms with E-state index in [-0.39, 0.29) is 11.9 Å². The smallest absolute Gasteiger partial charge is 0.340 e. The van der Waals surface area contributed by atoms with Crippen molar-refractivity contribution < 1.29 is 28.5 Å². The molecule has 0 saturated carbocycles. The molecule has 8 heteroatoms. The van der Waals surface area contributed by atoms with Crippen molar-refractivity contribution in [1.29, 1.82) is 0 Å². The van der Waals surface area contributed by atoms with Gasteiger partial charge in [0.1, 0.15) is 11.5 Å². The van der Waals surface area contributed by atoms with Gasteiger partial charge in [-0.25, -0.2) is 9.59 Å². The minimum Gasteiger partial charge on any atom is -0.497 e. The van der Waals surface area contributed by atoms with Gasteiger partial charge in [0, 0.05) is 13.1 Å². The highest BCUT2D eigenvalue weighted by Crippen LogP contribution is 2.44. The molecule has 0 saturated heterocycles. The predicted molar refractivity (Wildman–Crippen MR) is 152 cm³/mol. The second-order valence-corrected chi connectivity index (χ2v) is 10.3. The monoisotopic (exact) mass is 538 g/mol. The molecular formula is C31H42N2O6. The third-order valence-corrected chi connectivity index (χ3v) is 7.39. The molecule has 2 aromatic carbocycles. The van der Waals surface area contributed by atoms with Crippen LogP contribution in [0.4, 0.5) is 11.4 Å². The van der Waals surface area contributed by atoms with Crippen LogP contribution in [0.3, 0.4) is 0 Å². The van der Waals surface area contributed by atoms with E-state index in [1.165, 1.54) is 0 Å². The standard InChI is InChI=1S/C31H42N2O6/c1-5-7-9-11-13-38-30(34)26-17-24(36-3)15-22-19-33-21-32(28(22)26)20-23-16-25(37-4)18-27(29(23)33)31(35)39-14-12-10-8-6-2/h15-18H,5-14,19-21H2,1-4H3. The number of hydrogen-bond donors (Lipinski definition) is 0. The molecule has 0 amide bonds. The van der Waals surface area contributed by atoms with Crippen molar-refractivity contribution >= 4 is 23.3 Å². The predicted octanol–water partition coefficient (Wildman–Crippen LogP) is 6.48. The van der Waals surface area contributed by atoms with Gasteiger partial charge in [0.15, 0.2) is 0 Å². The minimum atomic E-state index is -0.334. The first-order valence-corrected chi connectivity index (χ1v) is 14.3. The topological polar surface area (TPSA) is 77.5 Å². The summed E-state index contributed by atoms with van der Waals surface area (Å²) in [4.78, 5) is 30.8. The summed E-state index contributed by atoms with van der Waals surface area (Å²) in [5.74, 6) is 0.546. The zero-order valence-electron chi connectivity index (χ0n) is 23.8. The van der Waals surface area contributed by atoms with Gasteiger partial charge in [-0.2, -0.15) is 0 Å². The number of fused-ring (bicyclic) bond motifs is 6. The fourth-order valence-corrected chi connectivity index (χ4v) is 5.43. The lowest BCUT2D eigenvalue weighted by atomic mass is 9.95. The second-order valence-electron chi connectivity index (χ2n) is 10.3. The zero-order chi connectivity index (χ0) is 27.8. The lowest BCUT2D eigenvalue weighted by Crippen LogP contribution is -2.47. The normalized spacial score (nSPS) is 13.4. The Morgan fingerprint density at radius 3 is 1.49 bits per heavy atom. The van der Waals surface area contributed by atoms with Gasteiger partial charge in [0.05, 0.1) is 56.6 Å². The zero-order valence-corrected chi connectivity index (χ0v) is 23.8. The number of carbonyl (C=O) groups is 2. The summed E-state index contributed by atoms with van der Waals surface area (Å²) in [5, 5.41) is 0. The number of ether oxygens (including phenoxy) is 4. The maximum Gasteiger partial charge on any atom is 0.340 e. The van der Waals surface area contributed by atoms with Crippen LogP contribution in [0.25, 0.3) is 0 Å². The van der Waals surface area contributed by atoms with E-state index in [0.717, 1.165) is 73.9 Å². The summed E-state index contributed by atoms with van der Waals surface area (Å²) in [5.41, 5.74) is 4.66. The molecule has 2 bridgehead atoms. The molecule has 2 aliphatic rings. The maximum atomic E-state index is 13.2. The van der Waals surface area contributed by atoms with E-state index in [2.05, 4.69) is 23.6 Å². The Morgan fingerprint density at radius 2 is 1.10 bits per heavy atom. The number of hydrogen-bond acceptors (Lipinski definition) is 8. The van der Waals surface area contributed by atoms with Crippen LogP contribution in [-0.2, 0) is 22.6 Å². The summed E-state index contributed by atoms with van der Waals surface area (Å²) in [6, 6.07) is 7.47. The molecular weight excluding hydrogens is 496 g/mol. The first kappa shape index (κ1) is 28.6. The van der Waals surface area contributed by atoms with Gasteiger partial charge in [0.2, 0.25) is 0 Å². The summed E-state index contributed by atoms with van der Waals surface area (Å²) in [6.45, 7) is 6.72. The fraction of sp³-hybridized carbons (Fsp3) is 0.548. The fourth-order valence-electron chi connectivity index (χ4n) is 5.43. The van der Waals surface area contributed by atoms with E-state index in [1.807, 2.05) is 12.1 Å². The van der Waals surface area contributed by atoms with Crippen LogP contribution in [0.5, 0.6) is 11.5 Å². The lowest BCUT2D eigenvalue weighted by molar-refractivity contribution is 0.0489. The highest BCUT2D eigenvalue weighted by molar-refractivity contribution is 6.00. The average Bonchev–Trinajstić information content (AvgIpc) is 2.95. The van der Waals surface area contributed by atoms with E-state index >= 15 is 0 Å². The van der Waals surface area contributed by atoms with Gasteiger partial charge in [-0.1, -0.05) is 52.4 Å². The molecule has 0 fully saturated rings. The number of rotatable bonds is 14. The molecule has 212 valence electrons. The van der Waals surface area contributed by atoms with Crippen molar-refractivity contribution in [3.8, 4) is 11.5 Å². The van der Waals surface area contributed by atoms with E-state index in [1.54, 1.807) is 26.4 Å². The van der Waals surface area contributed by atoms with Crippen LogP contribution < -0.4 is 19.3 Å². The number of benzene rings is 2. The van der Waals surface area contributed by atoms with E-state index in [4.69, 9.17) is 18.9 Å². The van der Waals surface area contributed by atoms with Gasteiger partial charge in [-0.15, -0.1) is 0 Å². The lowest BCUT2D eigenvalue weighted by Gasteiger charge is -2.46. The molecule has 2 heterocycles. The molecule has 0 atom stereocenters. The van der Waals surface area contributed by atoms with Crippen LogP contribution in [0.2, 0.25) is 0 Å².